The second kappa shape index (κ2) is 5.53. The Balaban J connectivity index is 4.25. The Kier molecular flexibility index (Phi) is 5.06. The number of rotatable bonds is 4. The van der Waals surface area contributed by atoms with Crippen LogP contribution in [0.3, 0.4) is 0 Å². The summed E-state index contributed by atoms with van der Waals surface area (Å²) in [5.41, 5.74) is -0.0761. The minimum Gasteiger partial charge on any atom is -0.487 e. The van der Waals surface area contributed by atoms with E-state index in [4.69, 9.17) is 8.85 Å². The van der Waals surface area contributed by atoms with Crippen molar-refractivity contribution in [3.63, 3.8) is 0 Å². The number of hydrogen-bond acceptors (Lipinski definition) is 4. The van der Waals surface area contributed by atoms with Crippen LogP contribution in [0.1, 0.15) is 20.8 Å². The highest BCUT2D eigenvalue weighted by molar-refractivity contribution is 6.51. The number of allylic oxidation sites excluding steroid dienone is 1. The monoisotopic (exact) mass is 202 g/mol. The molecular formula is C8H14O4Si. The van der Waals surface area contributed by atoms with Gasteiger partial charge in [-0.2, -0.15) is 0 Å². The molecule has 74 valence electrons. The van der Waals surface area contributed by atoms with Crippen LogP contribution in [0.25, 0.3) is 0 Å². The first-order chi connectivity index (χ1) is 5.97. The lowest BCUT2D eigenvalue weighted by molar-refractivity contribution is -0.137. The Bertz CT molecular complexity index is 198. The fourth-order valence-electron chi connectivity index (χ4n) is 0.677. The standard InChI is InChI=1S/C8H14O4Si/c1-5-6(2)13(11-7(3)9)12-8(4)10/h5-6,13H,1H2,2-4H3. The van der Waals surface area contributed by atoms with Crippen molar-refractivity contribution in [3.05, 3.63) is 12.7 Å². The molecule has 0 radical (unpaired) electrons. The van der Waals surface area contributed by atoms with Crippen molar-refractivity contribution in [1.82, 2.24) is 0 Å². The van der Waals surface area contributed by atoms with Crippen LogP contribution in [0, 0.1) is 0 Å². The molecule has 0 aromatic carbocycles. The molecule has 1 unspecified atom stereocenters. The molecule has 0 rings (SSSR count). The van der Waals surface area contributed by atoms with E-state index in [1.54, 1.807) is 13.0 Å². The molecule has 4 nitrogen and oxygen atoms in total. The summed E-state index contributed by atoms with van der Waals surface area (Å²) in [7, 11) is -2.26. The largest absolute Gasteiger partial charge is 0.487 e. The molecule has 0 N–H and O–H groups in total. The summed E-state index contributed by atoms with van der Waals surface area (Å²) in [5, 5.41) is 0. The summed E-state index contributed by atoms with van der Waals surface area (Å²) in [6.45, 7) is 7.93. The van der Waals surface area contributed by atoms with Gasteiger partial charge in [0, 0.05) is 19.4 Å². The van der Waals surface area contributed by atoms with Gasteiger partial charge in [-0.1, -0.05) is 13.0 Å². The third-order valence-corrected chi connectivity index (χ3v) is 3.62. The van der Waals surface area contributed by atoms with E-state index in [0.717, 1.165) is 0 Å². The molecule has 0 saturated carbocycles. The smallest absolute Gasteiger partial charge is 0.454 e. The van der Waals surface area contributed by atoms with Gasteiger partial charge in [-0.15, -0.1) is 6.58 Å². The topological polar surface area (TPSA) is 52.6 Å². The predicted molar refractivity (Wildman–Crippen MR) is 50.3 cm³/mol. The van der Waals surface area contributed by atoms with Crippen molar-refractivity contribution in [1.29, 1.82) is 0 Å². The zero-order valence-electron chi connectivity index (χ0n) is 8.07. The van der Waals surface area contributed by atoms with Gasteiger partial charge in [-0.05, 0) is 0 Å². The Morgan fingerprint density at radius 2 is 1.69 bits per heavy atom. The van der Waals surface area contributed by atoms with Crippen LogP contribution < -0.4 is 0 Å². The third-order valence-electron chi connectivity index (χ3n) is 1.37. The Hall–Kier alpha value is -1.10. The van der Waals surface area contributed by atoms with Crippen molar-refractivity contribution in [3.8, 4) is 0 Å². The Labute approximate surface area is 79.4 Å². The average molecular weight is 202 g/mol. The summed E-state index contributed by atoms with van der Waals surface area (Å²) < 4.78 is 9.80. The van der Waals surface area contributed by atoms with Crippen LogP contribution in [0.4, 0.5) is 0 Å². The molecule has 0 aliphatic heterocycles. The maximum atomic E-state index is 10.6. The molecule has 0 saturated heterocycles. The van der Waals surface area contributed by atoms with E-state index >= 15 is 0 Å². The van der Waals surface area contributed by atoms with Gasteiger partial charge in [0.2, 0.25) is 0 Å². The molecule has 0 aliphatic rings. The predicted octanol–water partition coefficient (Wildman–Crippen LogP) is 0.909. The highest BCUT2D eigenvalue weighted by atomic mass is 28.3. The Morgan fingerprint density at radius 3 is 1.92 bits per heavy atom. The van der Waals surface area contributed by atoms with Gasteiger partial charge < -0.3 is 8.85 Å². The first kappa shape index (κ1) is 11.9. The molecule has 0 aliphatic carbocycles. The molecular weight excluding hydrogens is 188 g/mol. The minimum absolute atomic E-state index is 0.0761. The Morgan fingerprint density at radius 1 is 1.31 bits per heavy atom. The summed E-state index contributed by atoms with van der Waals surface area (Å²) >= 11 is 0. The van der Waals surface area contributed by atoms with E-state index in [1.165, 1.54) is 13.8 Å². The van der Waals surface area contributed by atoms with Crippen molar-refractivity contribution in [2.45, 2.75) is 26.3 Å². The lowest BCUT2D eigenvalue weighted by atomic mass is 10.5. The van der Waals surface area contributed by atoms with Gasteiger partial charge in [0.05, 0.1) is 0 Å². The number of hydrogen-bond donors (Lipinski definition) is 0. The van der Waals surface area contributed by atoms with Crippen LogP contribution in [0.15, 0.2) is 12.7 Å². The first-order valence-electron chi connectivity index (χ1n) is 3.94. The summed E-state index contributed by atoms with van der Waals surface area (Å²) in [6, 6.07) is 0. The molecule has 0 spiro atoms. The third kappa shape index (κ3) is 5.19. The van der Waals surface area contributed by atoms with E-state index in [9.17, 15) is 9.59 Å². The molecule has 5 heteroatoms. The second-order valence-corrected chi connectivity index (χ2v) is 4.94. The van der Waals surface area contributed by atoms with Crippen LogP contribution >= 0.6 is 0 Å². The maximum Gasteiger partial charge on any atom is 0.454 e. The fraction of sp³-hybridized carbons (Fsp3) is 0.500. The van der Waals surface area contributed by atoms with Gasteiger partial charge in [0.1, 0.15) is 0 Å². The lowest BCUT2D eigenvalue weighted by Crippen LogP contribution is -2.30. The van der Waals surface area contributed by atoms with E-state index in [0.29, 0.717) is 0 Å². The molecule has 0 aromatic rings. The van der Waals surface area contributed by atoms with Crippen molar-refractivity contribution >= 4 is 21.2 Å². The molecule has 0 heterocycles. The van der Waals surface area contributed by atoms with Crippen molar-refractivity contribution < 1.29 is 18.4 Å². The molecule has 0 aromatic heterocycles. The van der Waals surface area contributed by atoms with E-state index in [1.807, 2.05) is 0 Å². The van der Waals surface area contributed by atoms with Gasteiger partial charge >= 0.3 is 9.28 Å². The molecule has 0 amide bonds. The van der Waals surface area contributed by atoms with Gasteiger partial charge in [0.25, 0.3) is 11.9 Å². The molecule has 1 atom stereocenters. The van der Waals surface area contributed by atoms with Gasteiger partial charge in [-0.25, -0.2) is 0 Å². The molecule has 0 bridgehead atoms. The van der Waals surface area contributed by atoms with Gasteiger partial charge in [0.15, 0.2) is 0 Å². The van der Waals surface area contributed by atoms with Crippen LogP contribution in [0.5, 0.6) is 0 Å². The lowest BCUT2D eigenvalue weighted by Gasteiger charge is -2.17. The maximum absolute atomic E-state index is 10.6. The highest BCUT2D eigenvalue weighted by Gasteiger charge is 2.25. The number of carbonyl (C=O) groups excluding carboxylic acids is 2. The summed E-state index contributed by atoms with van der Waals surface area (Å²) in [4.78, 5) is 21.3. The fourth-order valence-corrected chi connectivity index (χ4v) is 2.03. The van der Waals surface area contributed by atoms with Crippen LogP contribution in [-0.2, 0) is 18.4 Å². The summed E-state index contributed by atoms with van der Waals surface area (Å²) in [5.74, 6) is -0.849. The van der Waals surface area contributed by atoms with E-state index < -0.39 is 21.2 Å². The number of carbonyl (C=O) groups is 2. The molecule has 0 fully saturated rings. The second-order valence-electron chi connectivity index (χ2n) is 2.68. The van der Waals surface area contributed by atoms with E-state index in [2.05, 4.69) is 6.58 Å². The van der Waals surface area contributed by atoms with Crippen LogP contribution in [-0.4, -0.2) is 21.2 Å². The normalized spacial score (nSPS) is 12.0. The summed E-state index contributed by atoms with van der Waals surface area (Å²) in [6.07, 6.45) is 1.61. The zero-order chi connectivity index (χ0) is 10.4. The zero-order valence-corrected chi connectivity index (χ0v) is 9.23. The van der Waals surface area contributed by atoms with Crippen LogP contribution in [0.2, 0.25) is 5.54 Å². The minimum atomic E-state index is -2.26. The molecule has 13 heavy (non-hydrogen) atoms. The quantitative estimate of drug-likeness (QED) is 0.502. The highest BCUT2D eigenvalue weighted by Crippen LogP contribution is 2.12. The van der Waals surface area contributed by atoms with Gasteiger partial charge in [-0.3, -0.25) is 9.59 Å². The van der Waals surface area contributed by atoms with E-state index in [-0.39, 0.29) is 5.54 Å². The van der Waals surface area contributed by atoms with Crippen molar-refractivity contribution in [2.75, 3.05) is 0 Å². The SMILES string of the molecule is C=CC(C)[SiH](OC(C)=O)OC(C)=O. The van der Waals surface area contributed by atoms with Crippen molar-refractivity contribution in [2.24, 2.45) is 0 Å². The average Bonchev–Trinajstić information content (AvgIpc) is 2.00. The first-order valence-corrected chi connectivity index (χ1v) is 5.55.